The molecular formula is C16H25N3O. The molecule has 1 aliphatic rings. The SMILES string of the molecule is CCNC(C)(C)C(=O)N1CCN(c2ccccc2)CC1. The van der Waals surface area contributed by atoms with Crippen LogP contribution in [0.3, 0.4) is 0 Å². The zero-order valence-corrected chi connectivity index (χ0v) is 12.7. The topological polar surface area (TPSA) is 35.6 Å². The third-order valence-electron chi connectivity index (χ3n) is 3.84. The van der Waals surface area contributed by atoms with Crippen molar-refractivity contribution >= 4 is 11.6 Å². The number of nitrogens with zero attached hydrogens (tertiary/aromatic N) is 2. The second kappa shape index (κ2) is 6.27. The van der Waals surface area contributed by atoms with E-state index in [1.54, 1.807) is 0 Å². The van der Waals surface area contributed by atoms with E-state index in [2.05, 4.69) is 34.5 Å². The lowest BCUT2D eigenvalue weighted by Gasteiger charge is -2.39. The molecule has 0 saturated carbocycles. The Morgan fingerprint density at radius 2 is 1.75 bits per heavy atom. The molecule has 1 aromatic carbocycles. The van der Waals surface area contributed by atoms with Gasteiger partial charge in [0.15, 0.2) is 0 Å². The second-order valence-electron chi connectivity index (χ2n) is 5.77. The molecule has 0 atom stereocenters. The van der Waals surface area contributed by atoms with E-state index in [1.807, 2.05) is 31.7 Å². The second-order valence-corrected chi connectivity index (χ2v) is 5.77. The van der Waals surface area contributed by atoms with Gasteiger partial charge in [-0.1, -0.05) is 25.1 Å². The van der Waals surface area contributed by atoms with E-state index in [9.17, 15) is 4.79 Å². The number of nitrogens with one attached hydrogen (secondary N) is 1. The van der Waals surface area contributed by atoms with Crippen LogP contribution in [0.25, 0.3) is 0 Å². The van der Waals surface area contributed by atoms with E-state index < -0.39 is 5.54 Å². The van der Waals surface area contributed by atoms with Gasteiger partial charge >= 0.3 is 0 Å². The molecule has 1 saturated heterocycles. The highest BCUT2D eigenvalue weighted by molar-refractivity contribution is 5.85. The number of hydrogen-bond donors (Lipinski definition) is 1. The standard InChI is InChI=1S/C16H25N3O/c1-4-17-16(2,3)15(20)19-12-10-18(11-13-19)14-8-6-5-7-9-14/h5-9,17H,4,10-13H2,1-3H3. The van der Waals surface area contributed by atoms with Crippen molar-refractivity contribution in [1.29, 1.82) is 0 Å². The van der Waals surface area contributed by atoms with Crippen molar-refractivity contribution in [3.8, 4) is 0 Å². The number of carbonyl (C=O) groups excluding carboxylic acids is 1. The van der Waals surface area contributed by atoms with Crippen LogP contribution in [0.1, 0.15) is 20.8 Å². The Morgan fingerprint density at radius 1 is 1.15 bits per heavy atom. The first-order valence-electron chi connectivity index (χ1n) is 7.39. The maximum atomic E-state index is 12.5. The zero-order chi connectivity index (χ0) is 14.6. The molecule has 0 bridgehead atoms. The molecule has 1 fully saturated rings. The van der Waals surface area contributed by atoms with Crippen LogP contribution >= 0.6 is 0 Å². The number of likely N-dealkylation sites (N-methyl/N-ethyl adjacent to an activating group) is 1. The molecule has 1 aromatic rings. The third kappa shape index (κ3) is 3.31. The van der Waals surface area contributed by atoms with Crippen molar-refractivity contribution in [2.75, 3.05) is 37.6 Å². The van der Waals surface area contributed by atoms with Crippen LogP contribution < -0.4 is 10.2 Å². The first-order chi connectivity index (χ1) is 9.54. The zero-order valence-electron chi connectivity index (χ0n) is 12.7. The molecule has 2 rings (SSSR count). The molecule has 20 heavy (non-hydrogen) atoms. The molecule has 110 valence electrons. The van der Waals surface area contributed by atoms with Gasteiger partial charge in [0.25, 0.3) is 0 Å². The Kier molecular flexibility index (Phi) is 4.65. The highest BCUT2D eigenvalue weighted by Gasteiger charge is 2.32. The van der Waals surface area contributed by atoms with Crippen molar-refractivity contribution in [3.05, 3.63) is 30.3 Å². The van der Waals surface area contributed by atoms with Gasteiger partial charge in [-0.3, -0.25) is 4.79 Å². The Bertz CT molecular complexity index is 436. The minimum Gasteiger partial charge on any atom is -0.368 e. The van der Waals surface area contributed by atoms with Gasteiger partial charge in [0.2, 0.25) is 5.91 Å². The van der Waals surface area contributed by atoms with Crippen molar-refractivity contribution in [1.82, 2.24) is 10.2 Å². The van der Waals surface area contributed by atoms with Crippen LogP contribution in [0.4, 0.5) is 5.69 Å². The van der Waals surface area contributed by atoms with Gasteiger partial charge in [-0.2, -0.15) is 0 Å². The van der Waals surface area contributed by atoms with Crippen molar-refractivity contribution in [3.63, 3.8) is 0 Å². The number of amides is 1. The summed E-state index contributed by atoms with van der Waals surface area (Å²) >= 11 is 0. The lowest BCUT2D eigenvalue weighted by atomic mass is 10.0. The van der Waals surface area contributed by atoms with E-state index in [0.29, 0.717) is 0 Å². The Morgan fingerprint density at radius 3 is 2.30 bits per heavy atom. The summed E-state index contributed by atoms with van der Waals surface area (Å²) < 4.78 is 0. The van der Waals surface area contributed by atoms with Crippen LogP contribution in [-0.4, -0.2) is 49.1 Å². The molecule has 1 heterocycles. The summed E-state index contributed by atoms with van der Waals surface area (Å²) in [6.45, 7) is 10.1. The molecule has 1 aliphatic heterocycles. The maximum absolute atomic E-state index is 12.5. The molecule has 0 aliphatic carbocycles. The van der Waals surface area contributed by atoms with Crippen molar-refractivity contribution in [2.24, 2.45) is 0 Å². The van der Waals surface area contributed by atoms with Gasteiger partial charge < -0.3 is 15.1 Å². The molecule has 0 spiro atoms. The average Bonchev–Trinajstić information content (AvgIpc) is 2.47. The average molecular weight is 275 g/mol. The van der Waals surface area contributed by atoms with Gasteiger partial charge in [0.05, 0.1) is 5.54 Å². The first kappa shape index (κ1) is 14.9. The maximum Gasteiger partial charge on any atom is 0.242 e. The molecule has 4 heteroatoms. The number of carbonyl (C=O) groups is 1. The Labute approximate surface area is 121 Å². The largest absolute Gasteiger partial charge is 0.368 e. The summed E-state index contributed by atoms with van der Waals surface area (Å²) in [5.74, 6) is 0.201. The number of benzene rings is 1. The third-order valence-corrected chi connectivity index (χ3v) is 3.84. The van der Waals surface area contributed by atoms with E-state index in [0.717, 1.165) is 32.7 Å². The molecule has 0 aromatic heterocycles. The molecule has 1 amide bonds. The van der Waals surface area contributed by atoms with Crippen LogP contribution in [0.5, 0.6) is 0 Å². The van der Waals surface area contributed by atoms with Gasteiger partial charge in [0, 0.05) is 31.9 Å². The number of piperazine rings is 1. The number of hydrogen-bond acceptors (Lipinski definition) is 3. The molecule has 0 radical (unpaired) electrons. The first-order valence-corrected chi connectivity index (χ1v) is 7.39. The minimum absolute atomic E-state index is 0.201. The quantitative estimate of drug-likeness (QED) is 0.909. The molecule has 1 N–H and O–H groups in total. The molecule has 4 nitrogen and oxygen atoms in total. The van der Waals surface area contributed by atoms with Crippen LogP contribution in [0.15, 0.2) is 30.3 Å². The van der Waals surface area contributed by atoms with Gasteiger partial charge in [-0.05, 0) is 32.5 Å². The fourth-order valence-corrected chi connectivity index (χ4v) is 2.72. The van der Waals surface area contributed by atoms with Crippen LogP contribution in [-0.2, 0) is 4.79 Å². The van der Waals surface area contributed by atoms with Gasteiger partial charge in [0.1, 0.15) is 0 Å². The molecular weight excluding hydrogens is 250 g/mol. The van der Waals surface area contributed by atoms with Gasteiger partial charge in [-0.15, -0.1) is 0 Å². The number of para-hydroxylation sites is 1. The van der Waals surface area contributed by atoms with E-state index in [1.165, 1.54) is 5.69 Å². The van der Waals surface area contributed by atoms with E-state index >= 15 is 0 Å². The Balaban J connectivity index is 1.93. The minimum atomic E-state index is -0.469. The summed E-state index contributed by atoms with van der Waals surface area (Å²) in [4.78, 5) is 16.8. The number of anilines is 1. The van der Waals surface area contributed by atoms with Crippen molar-refractivity contribution < 1.29 is 4.79 Å². The fraction of sp³-hybridized carbons (Fsp3) is 0.562. The smallest absolute Gasteiger partial charge is 0.242 e. The summed E-state index contributed by atoms with van der Waals surface area (Å²) in [5.41, 5.74) is 0.773. The summed E-state index contributed by atoms with van der Waals surface area (Å²) in [6.07, 6.45) is 0. The summed E-state index contributed by atoms with van der Waals surface area (Å²) in [6, 6.07) is 10.4. The van der Waals surface area contributed by atoms with Crippen LogP contribution in [0.2, 0.25) is 0 Å². The van der Waals surface area contributed by atoms with E-state index in [4.69, 9.17) is 0 Å². The number of rotatable bonds is 4. The predicted molar refractivity (Wildman–Crippen MR) is 83.0 cm³/mol. The summed E-state index contributed by atoms with van der Waals surface area (Å²) in [5, 5.41) is 3.26. The summed E-state index contributed by atoms with van der Waals surface area (Å²) in [7, 11) is 0. The van der Waals surface area contributed by atoms with Crippen LogP contribution in [0, 0.1) is 0 Å². The predicted octanol–water partition coefficient (Wildman–Crippen LogP) is 1.72. The fourth-order valence-electron chi connectivity index (χ4n) is 2.72. The molecule has 0 unspecified atom stereocenters. The lowest BCUT2D eigenvalue weighted by molar-refractivity contribution is -0.137. The van der Waals surface area contributed by atoms with Crippen molar-refractivity contribution in [2.45, 2.75) is 26.3 Å². The van der Waals surface area contributed by atoms with Gasteiger partial charge in [-0.25, -0.2) is 0 Å². The monoisotopic (exact) mass is 275 g/mol. The van der Waals surface area contributed by atoms with E-state index in [-0.39, 0.29) is 5.91 Å². The highest BCUT2D eigenvalue weighted by Crippen LogP contribution is 2.17. The highest BCUT2D eigenvalue weighted by atomic mass is 16.2. The normalized spacial score (nSPS) is 16.4. The Hall–Kier alpha value is -1.55. The lowest BCUT2D eigenvalue weighted by Crippen LogP contribution is -2.58.